The van der Waals surface area contributed by atoms with Gasteiger partial charge >= 0.3 is 0 Å². The fourth-order valence-electron chi connectivity index (χ4n) is 1.79. The quantitative estimate of drug-likeness (QED) is 0.865. The van der Waals surface area contributed by atoms with Gasteiger partial charge in [0, 0.05) is 24.0 Å². The van der Waals surface area contributed by atoms with Crippen molar-refractivity contribution >= 4 is 11.4 Å². The van der Waals surface area contributed by atoms with Gasteiger partial charge in [0.05, 0.1) is 7.11 Å². The minimum atomic E-state index is 0.548. The summed E-state index contributed by atoms with van der Waals surface area (Å²) in [6.45, 7) is 2.61. The monoisotopic (exact) mass is 242 g/mol. The van der Waals surface area contributed by atoms with Crippen molar-refractivity contribution in [3.05, 3.63) is 53.6 Å². The highest BCUT2D eigenvalue weighted by atomic mass is 16.5. The maximum Gasteiger partial charge on any atom is 0.120 e. The summed E-state index contributed by atoms with van der Waals surface area (Å²) in [5, 5.41) is 3.39. The van der Waals surface area contributed by atoms with Gasteiger partial charge in [-0.3, -0.25) is 0 Å². The second-order valence-electron chi connectivity index (χ2n) is 4.21. The number of hydrogen-bond acceptors (Lipinski definition) is 3. The lowest BCUT2D eigenvalue weighted by molar-refractivity contribution is 0.415. The van der Waals surface area contributed by atoms with Gasteiger partial charge in [-0.25, -0.2) is 0 Å². The summed E-state index contributed by atoms with van der Waals surface area (Å²) < 4.78 is 5.23. The molecular formula is C15H18N2O. The summed E-state index contributed by atoms with van der Waals surface area (Å²) in [7, 11) is 1.67. The number of anilines is 2. The fraction of sp³-hybridized carbons (Fsp3) is 0.200. The van der Waals surface area contributed by atoms with Crippen molar-refractivity contribution in [3.63, 3.8) is 0 Å². The average Bonchev–Trinajstić information content (AvgIpc) is 2.41. The van der Waals surface area contributed by atoms with E-state index in [4.69, 9.17) is 10.5 Å². The van der Waals surface area contributed by atoms with Gasteiger partial charge in [-0.1, -0.05) is 18.2 Å². The lowest BCUT2D eigenvalue weighted by Crippen LogP contribution is -1.98. The SMILES string of the molecule is COc1ccc(C)c(Nc2cccc(CN)c2)c1. The van der Waals surface area contributed by atoms with Gasteiger partial charge in [-0.05, 0) is 36.2 Å². The first kappa shape index (κ1) is 12.5. The molecule has 3 N–H and O–H groups in total. The standard InChI is InChI=1S/C15H18N2O/c1-11-6-7-14(18-2)9-15(11)17-13-5-3-4-12(8-13)10-16/h3-9,17H,10,16H2,1-2H3. The summed E-state index contributed by atoms with van der Waals surface area (Å²) in [5.74, 6) is 0.845. The number of nitrogens with two attached hydrogens (primary N) is 1. The van der Waals surface area contributed by atoms with E-state index in [2.05, 4.69) is 18.3 Å². The molecule has 94 valence electrons. The number of aryl methyl sites for hydroxylation is 1. The van der Waals surface area contributed by atoms with E-state index in [1.807, 2.05) is 36.4 Å². The molecule has 0 aromatic heterocycles. The molecule has 0 fully saturated rings. The average molecular weight is 242 g/mol. The van der Waals surface area contributed by atoms with E-state index in [9.17, 15) is 0 Å². The normalized spacial score (nSPS) is 10.2. The summed E-state index contributed by atoms with van der Waals surface area (Å²) in [6.07, 6.45) is 0. The van der Waals surface area contributed by atoms with E-state index in [0.717, 1.165) is 22.7 Å². The number of ether oxygens (including phenoxy) is 1. The summed E-state index contributed by atoms with van der Waals surface area (Å²) in [6, 6.07) is 14.1. The second-order valence-corrected chi connectivity index (χ2v) is 4.21. The minimum absolute atomic E-state index is 0.548. The Bertz CT molecular complexity index is 538. The Morgan fingerprint density at radius 2 is 2.00 bits per heavy atom. The Hall–Kier alpha value is -2.00. The van der Waals surface area contributed by atoms with Crippen LogP contribution in [-0.4, -0.2) is 7.11 Å². The van der Waals surface area contributed by atoms with Crippen LogP contribution in [-0.2, 0) is 6.54 Å². The number of hydrogen-bond donors (Lipinski definition) is 2. The molecule has 2 aromatic rings. The molecule has 0 aliphatic rings. The van der Waals surface area contributed by atoms with Crippen molar-refractivity contribution in [1.82, 2.24) is 0 Å². The Morgan fingerprint density at radius 3 is 2.72 bits per heavy atom. The highest BCUT2D eigenvalue weighted by molar-refractivity contribution is 5.65. The van der Waals surface area contributed by atoms with Crippen LogP contribution in [0.25, 0.3) is 0 Å². The molecule has 0 spiro atoms. The van der Waals surface area contributed by atoms with Gasteiger partial charge in [0.15, 0.2) is 0 Å². The molecule has 0 saturated carbocycles. The van der Waals surface area contributed by atoms with Crippen LogP contribution in [0.2, 0.25) is 0 Å². The number of rotatable bonds is 4. The molecule has 0 bridgehead atoms. The summed E-state index contributed by atoms with van der Waals surface area (Å²) in [4.78, 5) is 0. The number of nitrogens with one attached hydrogen (secondary N) is 1. The van der Waals surface area contributed by atoms with Crippen LogP contribution in [0.15, 0.2) is 42.5 Å². The third kappa shape index (κ3) is 2.81. The zero-order valence-electron chi connectivity index (χ0n) is 10.7. The van der Waals surface area contributed by atoms with Gasteiger partial charge in [-0.2, -0.15) is 0 Å². The van der Waals surface area contributed by atoms with E-state index < -0.39 is 0 Å². The molecule has 0 radical (unpaired) electrons. The van der Waals surface area contributed by atoms with Crippen LogP contribution >= 0.6 is 0 Å². The molecule has 0 amide bonds. The second kappa shape index (κ2) is 5.56. The zero-order valence-corrected chi connectivity index (χ0v) is 10.7. The van der Waals surface area contributed by atoms with Crippen molar-refractivity contribution in [2.45, 2.75) is 13.5 Å². The highest BCUT2D eigenvalue weighted by Gasteiger charge is 2.02. The molecule has 2 aromatic carbocycles. The van der Waals surface area contributed by atoms with Gasteiger partial charge in [-0.15, -0.1) is 0 Å². The molecule has 3 nitrogen and oxygen atoms in total. The maximum atomic E-state index is 5.64. The lowest BCUT2D eigenvalue weighted by atomic mass is 10.1. The molecule has 0 atom stereocenters. The topological polar surface area (TPSA) is 47.3 Å². The molecule has 3 heteroatoms. The molecule has 18 heavy (non-hydrogen) atoms. The molecule has 2 rings (SSSR count). The molecule has 0 heterocycles. The molecule has 0 saturated heterocycles. The van der Waals surface area contributed by atoms with Crippen LogP contribution in [0.1, 0.15) is 11.1 Å². The smallest absolute Gasteiger partial charge is 0.120 e. The number of benzene rings is 2. The first-order valence-electron chi connectivity index (χ1n) is 5.93. The third-order valence-corrected chi connectivity index (χ3v) is 2.89. The van der Waals surface area contributed by atoms with Crippen LogP contribution in [0, 0.1) is 6.92 Å². The van der Waals surface area contributed by atoms with E-state index in [1.165, 1.54) is 5.56 Å². The molecule has 0 unspecified atom stereocenters. The number of methoxy groups -OCH3 is 1. The first-order valence-corrected chi connectivity index (χ1v) is 5.93. The van der Waals surface area contributed by atoms with Gasteiger partial charge in [0.1, 0.15) is 5.75 Å². The Balaban J connectivity index is 2.27. The zero-order chi connectivity index (χ0) is 13.0. The molecule has 0 aliphatic heterocycles. The van der Waals surface area contributed by atoms with E-state index in [1.54, 1.807) is 7.11 Å². The minimum Gasteiger partial charge on any atom is -0.497 e. The van der Waals surface area contributed by atoms with E-state index in [-0.39, 0.29) is 0 Å². The van der Waals surface area contributed by atoms with Crippen molar-refractivity contribution in [2.75, 3.05) is 12.4 Å². The highest BCUT2D eigenvalue weighted by Crippen LogP contribution is 2.25. The fourth-order valence-corrected chi connectivity index (χ4v) is 1.79. The summed E-state index contributed by atoms with van der Waals surface area (Å²) in [5.41, 5.74) is 10.0. The van der Waals surface area contributed by atoms with Gasteiger partial charge in [0.2, 0.25) is 0 Å². The Morgan fingerprint density at radius 1 is 1.17 bits per heavy atom. The Kier molecular flexibility index (Phi) is 3.85. The van der Waals surface area contributed by atoms with Crippen LogP contribution < -0.4 is 15.8 Å². The Labute approximate surface area is 108 Å². The first-order chi connectivity index (χ1) is 8.72. The van der Waals surface area contributed by atoms with Crippen LogP contribution in [0.5, 0.6) is 5.75 Å². The summed E-state index contributed by atoms with van der Waals surface area (Å²) >= 11 is 0. The predicted molar refractivity (Wildman–Crippen MR) is 75.3 cm³/mol. The van der Waals surface area contributed by atoms with Crippen LogP contribution in [0.4, 0.5) is 11.4 Å². The third-order valence-electron chi connectivity index (χ3n) is 2.89. The van der Waals surface area contributed by atoms with E-state index in [0.29, 0.717) is 6.54 Å². The maximum absolute atomic E-state index is 5.64. The van der Waals surface area contributed by atoms with Gasteiger partial charge < -0.3 is 15.8 Å². The van der Waals surface area contributed by atoms with Crippen molar-refractivity contribution < 1.29 is 4.74 Å². The van der Waals surface area contributed by atoms with Crippen molar-refractivity contribution in [2.24, 2.45) is 5.73 Å². The van der Waals surface area contributed by atoms with E-state index >= 15 is 0 Å². The predicted octanol–water partition coefficient (Wildman–Crippen LogP) is 3.21. The molecule has 0 aliphatic carbocycles. The molecular weight excluding hydrogens is 224 g/mol. The van der Waals surface area contributed by atoms with Crippen molar-refractivity contribution in [3.8, 4) is 5.75 Å². The van der Waals surface area contributed by atoms with Crippen molar-refractivity contribution in [1.29, 1.82) is 0 Å². The largest absolute Gasteiger partial charge is 0.497 e. The van der Waals surface area contributed by atoms with Crippen LogP contribution in [0.3, 0.4) is 0 Å². The van der Waals surface area contributed by atoms with Gasteiger partial charge in [0.25, 0.3) is 0 Å². The lowest BCUT2D eigenvalue weighted by Gasteiger charge is -2.12.